The Morgan fingerprint density at radius 3 is 1.70 bits per heavy atom. The molecule has 1 radical (unpaired) electrons. The summed E-state index contributed by atoms with van der Waals surface area (Å²) in [7, 11) is 0. The van der Waals surface area contributed by atoms with Gasteiger partial charge in [-0.25, -0.2) is 4.99 Å². The van der Waals surface area contributed by atoms with Crippen molar-refractivity contribution in [1.29, 1.82) is 0 Å². The highest BCUT2D eigenvalue weighted by Gasteiger charge is 2.31. The summed E-state index contributed by atoms with van der Waals surface area (Å²) in [5.74, 6) is -0.0197. The SMILES string of the molecule is CC(C)(C)c1cc(C2C=CC=CC2=Nc2cc(C(C)(C)C)cc(C(C)(C)C)c2O)c([O])c(C(C)(C)C)c1. The number of phenols is 1. The number of rotatable bonds is 2. The van der Waals surface area contributed by atoms with Crippen molar-refractivity contribution in [3.05, 3.63) is 76.4 Å². The van der Waals surface area contributed by atoms with E-state index >= 15 is 0 Å². The van der Waals surface area contributed by atoms with Gasteiger partial charge in [-0.05, 0) is 44.9 Å². The van der Waals surface area contributed by atoms with Crippen LogP contribution >= 0.6 is 0 Å². The van der Waals surface area contributed by atoms with Crippen LogP contribution in [0.2, 0.25) is 0 Å². The zero-order chi connectivity index (χ0) is 28.1. The third kappa shape index (κ3) is 6.20. The lowest BCUT2D eigenvalue weighted by molar-refractivity contribution is 0.335. The fourth-order valence-electron chi connectivity index (χ4n) is 4.62. The topological polar surface area (TPSA) is 52.5 Å². The second kappa shape index (κ2) is 9.49. The molecule has 3 rings (SSSR count). The highest BCUT2D eigenvalue weighted by atomic mass is 16.3. The minimum atomic E-state index is -0.295. The average molecular weight is 501 g/mol. The maximum Gasteiger partial charge on any atom is 0.186 e. The molecule has 1 atom stereocenters. The van der Waals surface area contributed by atoms with Crippen LogP contribution in [0.4, 0.5) is 5.69 Å². The van der Waals surface area contributed by atoms with Gasteiger partial charge in [0, 0.05) is 22.6 Å². The Hall–Kier alpha value is -2.81. The fraction of sp³-hybridized carbons (Fsp3) is 0.500. The van der Waals surface area contributed by atoms with Crippen molar-refractivity contribution in [3.8, 4) is 11.5 Å². The first kappa shape index (κ1) is 28.8. The molecular weight excluding hydrogens is 454 g/mol. The number of aromatic hydroxyl groups is 1. The lowest BCUT2D eigenvalue weighted by Crippen LogP contribution is -2.19. The molecule has 0 fully saturated rings. The number of phenolic OH excluding ortho intramolecular Hbond substituents is 1. The normalized spacial score (nSPS) is 18.1. The van der Waals surface area contributed by atoms with Gasteiger partial charge in [0.2, 0.25) is 0 Å². The molecule has 3 nitrogen and oxygen atoms in total. The van der Waals surface area contributed by atoms with Crippen molar-refractivity contribution >= 4 is 11.4 Å². The van der Waals surface area contributed by atoms with Gasteiger partial charge in [0.1, 0.15) is 11.4 Å². The highest BCUT2D eigenvalue weighted by Crippen LogP contribution is 2.45. The third-order valence-electron chi connectivity index (χ3n) is 7.14. The van der Waals surface area contributed by atoms with Crippen molar-refractivity contribution in [3.63, 3.8) is 0 Å². The molecule has 1 aliphatic rings. The minimum Gasteiger partial charge on any atom is -0.505 e. The summed E-state index contributed by atoms with van der Waals surface area (Å²) in [5.41, 5.74) is 5.28. The van der Waals surface area contributed by atoms with Gasteiger partial charge in [-0.3, -0.25) is 5.11 Å². The maximum atomic E-state index is 13.9. The molecule has 199 valence electrons. The second-order valence-electron chi connectivity index (χ2n) is 14.6. The number of nitrogens with zero attached hydrogens (tertiary/aromatic N) is 1. The Morgan fingerprint density at radius 1 is 0.676 bits per heavy atom. The minimum absolute atomic E-state index is 0.0706. The molecule has 0 aromatic heterocycles. The average Bonchev–Trinajstić information content (AvgIpc) is 2.72. The largest absolute Gasteiger partial charge is 0.505 e. The van der Waals surface area contributed by atoms with E-state index in [-0.39, 0.29) is 39.1 Å². The van der Waals surface area contributed by atoms with Crippen LogP contribution in [-0.4, -0.2) is 10.8 Å². The lowest BCUT2D eigenvalue weighted by Gasteiger charge is -2.29. The standard InChI is InChI=1S/C34H46NO2/c1-31(2,3)21-17-24(29(36)25(18-21)33(7,8)9)23-15-13-14-16-27(23)35-28-20-22(32(4,5)6)19-26(30(28)37)34(10,11)12/h13-20,23,37H,1-12H3. The molecule has 1 N–H and O–H groups in total. The van der Waals surface area contributed by atoms with Gasteiger partial charge < -0.3 is 5.11 Å². The third-order valence-corrected chi connectivity index (χ3v) is 7.14. The van der Waals surface area contributed by atoms with Crippen LogP contribution in [0.5, 0.6) is 11.5 Å². The van der Waals surface area contributed by atoms with Gasteiger partial charge >= 0.3 is 0 Å². The van der Waals surface area contributed by atoms with Gasteiger partial charge in [-0.15, -0.1) is 0 Å². The first-order chi connectivity index (χ1) is 16.7. The zero-order valence-electron chi connectivity index (χ0n) is 25.0. The highest BCUT2D eigenvalue weighted by molar-refractivity contribution is 6.05. The van der Waals surface area contributed by atoms with E-state index in [9.17, 15) is 10.2 Å². The molecule has 0 spiro atoms. The summed E-state index contributed by atoms with van der Waals surface area (Å²) in [6.07, 6.45) is 7.94. The van der Waals surface area contributed by atoms with Crippen LogP contribution in [0.1, 0.15) is 117 Å². The van der Waals surface area contributed by atoms with Crippen LogP contribution in [0.25, 0.3) is 0 Å². The molecule has 3 heteroatoms. The molecule has 0 bridgehead atoms. The summed E-state index contributed by atoms with van der Waals surface area (Å²) >= 11 is 0. The van der Waals surface area contributed by atoms with Gasteiger partial charge in [0.25, 0.3) is 0 Å². The molecule has 0 saturated heterocycles. The van der Waals surface area contributed by atoms with Crippen molar-refractivity contribution in [1.82, 2.24) is 0 Å². The van der Waals surface area contributed by atoms with E-state index in [1.807, 2.05) is 30.4 Å². The van der Waals surface area contributed by atoms with Gasteiger partial charge in [0.05, 0.1) is 5.71 Å². The van der Waals surface area contributed by atoms with Crippen molar-refractivity contribution in [2.24, 2.45) is 4.99 Å². The lowest BCUT2D eigenvalue weighted by atomic mass is 9.76. The molecule has 0 aliphatic heterocycles. The molecule has 0 heterocycles. The van der Waals surface area contributed by atoms with E-state index < -0.39 is 0 Å². The Labute approximate surface area is 225 Å². The summed E-state index contributed by atoms with van der Waals surface area (Å²) in [6, 6.07) is 8.24. The maximum absolute atomic E-state index is 13.9. The van der Waals surface area contributed by atoms with Crippen LogP contribution in [0, 0.1) is 0 Å². The number of aliphatic imine (C=N–C) groups is 1. The molecule has 0 saturated carbocycles. The van der Waals surface area contributed by atoms with Crippen LogP contribution in [0.15, 0.2) is 53.6 Å². The molecule has 1 aliphatic carbocycles. The number of allylic oxidation sites excluding steroid dienone is 4. The van der Waals surface area contributed by atoms with E-state index in [2.05, 4.69) is 101 Å². The van der Waals surface area contributed by atoms with Crippen LogP contribution in [0.3, 0.4) is 0 Å². The van der Waals surface area contributed by atoms with Gasteiger partial charge in [-0.1, -0.05) is 120 Å². The molecule has 2 aromatic rings. The molecule has 0 amide bonds. The Kier molecular flexibility index (Phi) is 7.38. The summed E-state index contributed by atoms with van der Waals surface area (Å²) in [4.78, 5) is 5.04. The summed E-state index contributed by atoms with van der Waals surface area (Å²) in [6.45, 7) is 25.6. The smallest absolute Gasteiger partial charge is 0.186 e. The predicted molar refractivity (Wildman–Crippen MR) is 158 cm³/mol. The van der Waals surface area contributed by atoms with E-state index in [1.165, 1.54) is 0 Å². The van der Waals surface area contributed by atoms with Crippen LogP contribution < -0.4 is 0 Å². The first-order valence-electron chi connectivity index (χ1n) is 13.4. The Balaban J connectivity index is 2.30. The van der Waals surface area contributed by atoms with Gasteiger partial charge in [-0.2, -0.15) is 0 Å². The van der Waals surface area contributed by atoms with E-state index in [0.717, 1.165) is 33.5 Å². The number of benzene rings is 2. The molecule has 1 unspecified atom stereocenters. The summed E-state index contributed by atoms with van der Waals surface area (Å²) in [5, 5.41) is 25.2. The molecule has 2 aromatic carbocycles. The molecule has 37 heavy (non-hydrogen) atoms. The van der Waals surface area contributed by atoms with E-state index in [4.69, 9.17) is 4.99 Å². The van der Waals surface area contributed by atoms with E-state index in [1.54, 1.807) is 0 Å². The van der Waals surface area contributed by atoms with Crippen molar-refractivity contribution in [2.75, 3.05) is 0 Å². The monoisotopic (exact) mass is 500 g/mol. The van der Waals surface area contributed by atoms with Crippen LogP contribution in [-0.2, 0) is 26.8 Å². The first-order valence-corrected chi connectivity index (χ1v) is 13.4. The Morgan fingerprint density at radius 2 is 1.19 bits per heavy atom. The van der Waals surface area contributed by atoms with E-state index in [0.29, 0.717) is 5.69 Å². The fourth-order valence-corrected chi connectivity index (χ4v) is 4.62. The van der Waals surface area contributed by atoms with Crippen molar-refractivity contribution < 1.29 is 10.2 Å². The second-order valence-corrected chi connectivity index (χ2v) is 14.6. The van der Waals surface area contributed by atoms with Crippen molar-refractivity contribution in [2.45, 2.75) is 111 Å². The quantitative estimate of drug-likeness (QED) is 0.438. The summed E-state index contributed by atoms with van der Waals surface area (Å²) < 4.78 is 0. The van der Waals surface area contributed by atoms with Gasteiger partial charge in [0.15, 0.2) is 5.75 Å². The Bertz CT molecular complexity index is 1260. The molecular formula is C34H46NO2. The predicted octanol–water partition coefficient (Wildman–Crippen LogP) is 9.71. The zero-order valence-corrected chi connectivity index (χ0v) is 25.0. The number of hydrogen-bond donors (Lipinski definition) is 1. The number of hydrogen-bond acceptors (Lipinski definition) is 2.